The standard InChI is InChI=1S/C16H22N6O/c1-3-17-16(18-10-15-19-11-20-22(15)2)21-13-8-9-23-14-7-5-4-6-12(13)14/h4-7,11,13H,3,8-10H2,1-2H3,(H2,17,18,21). The van der Waals surface area contributed by atoms with Gasteiger partial charge < -0.3 is 15.4 Å². The van der Waals surface area contributed by atoms with Crippen molar-refractivity contribution in [2.45, 2.75) is 25.9 Å². The van der Waals surface area contributed by atoms with Gasteiger partial charge in [-0.05, 0) is 13.0 Å². The van der Waals surface area contributed by atoms with Crippen molar-refractivity contribution < 1.29 is 4.74 Å². The molecule has 0 bridgehead atoms. The maximum absolute atomic E-state index is 5.71. The molecule has 122 valence electrons. The fraction of sp³-hybridized carbons (Fsp3) is 0.438. The Labute approximate surface area is 135 Å². The molecule has 7 heteroatoms. The van der Waals surface area contributed by atoms with Gasteiger partial charge in [-0.2, -0.15) is 5.10 Å². The highest BCUT2D eigenvalue weighted by Gasteiger charge is 2.21. The molecule has 0 fully saturated rings. The van der Waals surface area contributed by atoms with Crippen molar-refractivity contribution in [3.63, 3.8) is 0 Å². The van der Waals surface area contributed by atoms with Crippen LogP contribution in [0.4, 0.5) is 0 Å². The van der Waals surface area contributed by atoms with E-state index in [4.69, 9.17) is 4.74 Å². The molecule has 1 aromatic heterocycles. The number of rotatable bonds is 4. The quantitative estimate of drug-likeness (QED) is 0.659. The molecule has 1 aliphatic rings. The third-order valence-electron chi connectivity index (χ3n) is 3.80. The van der Waals surface area contributed by atoms with Crippen LogP contribution in [0.3, 0.4) is 0 Å². The van der Waals surface area contributed by atoms with E-state index >= 15 is 0 Å². The molecule has 2 N–H and O–H groups in total. The van der Waals surface area contributed by atoms with Gasteiger partial charge >= 0.3 is 0 Å². The Morgan fingerprint density at radius 3 is 3.09 bits per heavy atom. The van der Waals surface area contributed by atoms with E-state index in [-0.39, 0.29) is 6.04 Å². The number of nitrogens with one attached hydrogen (secondary N) is 2. The summed E-state index contributed by atoms with van der Waals surface area (Å²) in [4.78, 5) is 8.81. The first-order chi connectivity index (χ1) is 11.3. The Balaban J connectivity index is 1.74. The number of hydrogen-bond acceptors (Lipinski definition) is 4. The van der Waals surface area contributed by atoms with Crippen LogP contribution in [0.5, 0.6) is 5.75 Å². The third kappa shape index (κ3) is 3.61. The van der Waals surface area contributed by atoms with Gasteiger partial charge in [0.05, 0.1) is 12.6 Å². The lowest BCUT2D eigenvalue weighted by molar-refractivity contribution is 0.261. The fourth-order valence-electron chi connectivity index (χ4n) is 2.59. The number of guanidine groups is 1. The van der Waals surface area contributed by atoms with Crippen molar-refractivity contribution in [2.75, 3.05) is 13.2 Å². The summed E-state index contributed by atoms with van der Waals surface area (Å²) in [5.41, 5.74) is 1.17. The average Bonchev–Trinajstić information content (AvgIpc) is 2.98. The van der Waals surface area contributed by atoms with E-state index in [9.17, 15) is 0 Å². The number of benzene rings is 1. The first-order valence-corrected chi connectivity index (χ1v) is 7.87. The molecule has 0 amide bonds. The molecule has 7 nitrogen and oxygen atoms in total. The average molecular weight is 314 g/mol. The second-order valence-electron chi connectivity index (χ2n) is 5.37. The fourth-order valence-corrected chi connectivity index (χ4v) is 2.59. The van der Waals surface area contributed by atoms with Crippen molar-refractivity contribution in [3.05, 3.63) is 42.0 Å². The lowest BCUT2D eigenvalue weighted by Crippen LogP contribution is -2.41. The highest BCUT2D eigenvalue weighted by Crippen LogP contribution is 2.31. The Morgan fingerprint density at radius 1 is 1.43 bits per heavy atom. The zero-order valence-corrected chi connectivity index (χ0v) is 13.5. The summed E-state index contributed by atoms with van der Waals surface area (Å²) in [7, 11) is 1.87. The minimum atomic E-state index is 0.192. The molecule has 2 aromatic rings. The predicted molar refractivity (Wildman–Crippen MR) is 88.2 cm³/mol. The van der Waals surface area contributed by atoms with Gasteiger partial charge in [-0.25, -0.2) is 9.98 Å². The van der Waals surface area contributed by atoms with Gasteiger partial charge in [0, 0.05) is 25.6 Å². The third-order valence-corrected chi connectivity index (χ3v) is 3.80. The Hall–Kier alpha value is -2.57. The van der Waals surface area contributed by atoms with Crippen LogP contribution >= 0.6 is 0 Å². The SMILES string of the molecule is CCNC(=NCc1ncnn1C)NC1CCOc2ccccc21. The molecule has 1 atom stereocenters. The monoisotopic (exact) mass is 314 g/mol. The zero-order valence-electron chi connectivity index (χ0n) is 13.5. The second-order valence-corrected chi connectivity index (χ2v) is 5.37. The van der Waals surface area contributed by atoms with Gasteiger partial charge in [0.25, 0.3) is 0 Å². The summed E-state index contributed by atoms with van der Waals surface area (Å²) in [5.74, 6) is 2.55. The molecule has 1 unspecified atom stereocenters. The second kappa shape index (κ2) is 7.13. The van der Waals surface area contributed by atoms with Crippen LogP contribution < -0.4 is 15.4 Å². The van der Waals surface area contributed by atoms with Crippen molar-refractivity contribution in [1.29, 1.82) is 0 Å². The number of nitrogens with zero attached hydrogens (tertiary/aromatic N) is 4. The van der Waals surface area contributed by atoms with E-state index in [0.29, 0.717) is 13.2 Å². The smallest absolute Gasteiger partial charge is 0.192 e. The van der Waals surface area contributed by atoms with Crippen molar-refractivity contribution in [1.82, 2.24) is 25.4 Å². The van der Waals surface area contributed by atoms with Gasteiger partial charge in [-0.3, -0.25) is 4.68 Å². The molecular formula is C16H22N6O. The lowest BCUT2D eigenvalue weighted by atomic mass is 10.0. The molecule has 1 aromatic carbocycles. The van der Waals surface area contributed by atoms with Crippen molar-refractivity contribution in [3.8, 4) is 5.75 Å². The van der Waals surface area contributed by atoms with E-state index < -0.39 is 0 Å². The summed E-state index contributed by atoms with van der Waals surface area (Å²) in [5, 5.41) is 10.8. The minimum absolute atomic E-state index is 0.192. The Morgan fingerprint density at radius 2 is 2.30 bits per heavy atom. The number of fused-ring (bicyclic) bond motifs is 1. The van der Waals surface area contributed by atoms with E-state index in [0.717, 1.165) is 30.5 Å². The first-order valence-electron chi connectivity index (χ1n) is 7.87. The number of aliphatic imine (C=N–C) groups is 1. The number of aryl methyl sites for hydroxylation is 1. The number of aromatic nitrogens is 3. The van der Waals surface area contributed by atoms with E-state index in [1.54, 1.807) is 11.0 Å². The normalized spacial score (nSPS) is 17.3. The lowest BCUT2D eigenvalue weighted by Gasteiger charge is -2.28. The minimum Gasteiger partial charge on any atom is -0.493 e. The van der Waals surface area contributed by atoms with E-state index in [2.05, 4.69) is 38.7 Å². The Kier molecular flexibility index (Phi) is 4.75. The number of ether oxygens (including phenoxy) is 1. The van der Waals surface area contributed by atoms with Crippen LogP contribution in [0.1, 0.15) is 30.8 Å². The number of hydrogen-bond donors (Lipinski definition) is 2. The van der Waals surface area contributed by atoms with E-state index in [1.807, 2.05) is 25.2 Å². The molecule has 0 radical (unpaired) electrons. The highest BCUT2D eigenvalue weighted by atomic mass is 16.5. The summed E-state index contributed by atoms with van der Waals surface area (Å²) >= 11 is 0. The molecule has 0 aliphatic carbocycles. The summed E-state index contributed by atoms with van der Waals surface area (Å²) in [6, 6.07) is 8.32. The van der Waals surface area contributed by atoms with E-state index in [1.165, 1.54) is 5.56 Å². The van der Waals surface area contributed by atoms with Gasteiger partial charge in [0.15, 0.2) is 5.96 Å². The summed E-state index contributed by atoms with van der Waals surface area (Å²) in [6.07, 6.45) is 2.45. The largest absolute Gasteiger partial charge is 0.493 e. The van der Waals surface area contributed by atoms with Gasteiger partial charge in [0.1, 0.15) is 24.4 Å². The summed E-state index contributed by atoms with van der Waals surface area (Å²) < 4.78 is 7.44. The van der Waals surface area contributed by atoms with Crippen LogP contribution in [0.2, 0.25) is 0 Å². The molecule has 23 heavy (non-hydrogen) atoms. The van der Waals surface area contributed by atoms with Crippen LogP contribution in [0.25, 0.3) is 0 Å². The maximum atomic E-state index is 5.71. The highest BCUT2D eigenvalue weighted by molar-refractivity contribution is 5.80. The van der Waals surface area contributed by atoms with Crippen LogP contribution in [-0.2, 0) is 13.6 Å². The Bertz CT molecular complexity index is 681. The summed E-state index contributed by atoms with van der Waals surface area (Å²) in [6.45, 7) is 4.04. The predicted octanol–water partition coefficient (Wildman–Crippen LogP) is 1.39. The number of para-hydroxylation sites is 1. The molecule has 0 saturated carbocycles. The molecule has 0 spiro atoms. The van der Waals surface area contributed by atoms with Crippen molar-refractivity contribution in [2.24, 2.45) is 12.0 Å². The molecule has 3 rings (SSSR count). The molecule has 2 heterocycles. The maximum Gasteiger partial charge on any atom is 0.192 e. The van der Waals surface area contributed by atoms with Gasteiger partial charge in [-0.1, -0.05) is 18.2 Å². The van der Waals surface area contributed by atoms with Crippen LogP contribution in [0.15, 0.2) is 35.6 Å². The molecule has 0 saturated heterocycles. The van der Waals surface area contributed by atoms with Gasteiger partial charge in [-0.15, -0.1) is 0 Å². The first kappa shape index (κ1) is 15.3. The molecular weight excluding hydrogens is 292 g/mol. The van der Waals surface area contributed by atoms with Gasteiger partial charge in [0.2, 0.25) is 0 Å². The zero-order chi connectivity index (χ0) is 16.1. The molecule has 1 aliphatic heterocycles. The van der Waals surface area contributed by atoms with Crippen molar-refractivity contribution >= 4 is 5.96 Å². The van der Waals surface area contributed by atoms with Crippen LogP contribution in [0, 0.1) is 0 Å². The van der Waals surface area contributed by atoms with Crippen LogP contribution in [-0.4, -0.2) is 33.9 Å². The topological polar surface area (TPSA) is 76.4 Å².